The Hall–Kier alpha value is -1.86. The van der Waals surface area contributed by atoms with Gasteiger partial charge in [-0.2, -0.15) is 0 Å². The van der Waals surface area contributed by atoms with E-state index in [1.165, 1.54) is 0 Å². The van der Waals surface area contributed by atoms with Gasteiger partial charge in [0.05, 0.1) is 12.2 Å². The average Bonchev–Trinajstić information content (AvgIpc) is 2.60. The van der Waals surface area contributed by atoms with Crippen molar-refractivity contribution in [2.75, 3.05) is 51.2 Å². The molecule has 2 aliphatic heterocycles. The third-order valence-electron chi connectivity index (χ3n) is 4.81. The number of hydrogen-bond acceptors (Lipinski definition) is 5. The Kier molecular flexibility index (Phi) is 5.75. The highest BCUT2D eigenvalue weighted by atomic mass is 16.5. The van der Waals surface area contributed by atoms with E-state index in [1.807, 2.05) is 37.1 Å². The molecule has 2 fully saturated rings. The van der Waals surface area contributed by atoms with Gasteiger partial charge in [0.15, 0.2) is 0 Å². The number of nitrogens with one attached hydrogen (secondary N) is 1. The Morgan fingerprint density at radius 2 is 1.92 bits per heavy atom. The van der Waals surface area contributed by atoms with Crippen molar-refractivity contribution in [2.45, 2.75) is 32.6 Å². The first kappa shape index (κ1) is 17.9. The van der Waals surface area contributed by atoms with Gasteiger partial charge in [0, 0.05) is 57.6 Å². The molecule has 2 atom stereocenters. The lowest BCUT2D eigenvalue weighted by molar-refractivity contribution is -0.0545. The molecule has 0 aliphatic carbocycles. The highest BCUT2D eigenvalue weighted by Crippen LogP contribution is 2.19. The quantitative estimate of drug-likeness (QED) is 0.889. The lowest BCUT2D eigenvalue weighted by Crippen LogP contribution is -2.51. The van der Waals surface area contributed by atoms with Crippen LogP contribution < -0.4 is 10.2 Å². The van der Waals surface area contributed by atoms with Crippen molar-refractivity contribution >= 4 is 11.8 Å². The Bertz CT molecular complexity index is 579. The second kappa shape index (κ2) is 8.01. The van der Waals surface area contributed by atoms with Crippen molar-refractivity contribution in [2.24, 2.45) is 0 Å². The van der Waals surface area contributed by atoms with Crippen molar-refractivity contribution in [1.82, 2.24) is 20.1 Å². The van der Waals surface area contributed by atoms with Gasteiger partial charge in [-0.1, -0.05) is 6.07 Å². The Labute approximate surface area is 149 Å². The van der Waals surface area contributed by atoms with Crippen LogP contribution in [-0.2, 0) is 11.3 Å². The van der Waals surface area contributed by atoms with Crippen LogP contribution in [0.15, 0.2) is 18.3 Å². The zero-order chi connectivity index (χ0) is 17.8. The molecule has 0 bridgehead atoms. The van der Waals surface area contributed by atoms with Gasteiger partial charge in [-0.25, -0.2) is 9.78 Å². The Balaban J connectivity index is 1.60. The number of carbonyl (C=O) groups excluding carboxylic acids is 1. The molecule has 138 valence electrons. The number of pyridine rings is 1. The SMILES string of the molecule is C[C@H]1CN(C(=O)NCc2cccnc2N2CCN(C)CC2)C[C@H](C)O1. The maximum atomic E-state index is 12.5. The number of morpholine rings is 1. The largest absolute Gasteiger partial charge is 0.372 e. The van der Waals surface area contributed by atoms with Crippen molar-refractivity contribution in [3.8, 4) is 0 Å². The number of aromatic nitrogens is 1. The molecule has 1 aromatic rings. The molecular formula is C18H29N5O2. The number of piperazine rings is 1. The fraction of sp³-hybridized carbons (Fsp3) is 0.667. The lowest BCUT2D eigenvalue weighted by Gasteiger charge is -2.36. The van der Waals surface area contributed by atoms with Crippen LogP contribution >= 0.6 is 0 Å². The monoisotopic (exact) mass is 347 g/mol. The summed E-state index contributed by atoms with van der Waals surface area (Å²) in [7, 11) is 2.14. The van der Waals surface area contributed by atoms with E-state index in [0.29, 0.717) is 19.6 Å². The average molecular weight is 347 g/mol. The third-order valence-corrected chi connectivity index (χ3v) is 4.81. The van der Waals surface area contributed by atoms with Crippen molar-refractivity contribution in [3.05, 3.63) is 23.9 Å². The number of carbonyl (C=O) groups is 1. The van der Waals surface area contributed by atoms with E-state index in [1.54, 1.807) is 0 Å². The van der Waals surface area contributed by atoms with E-state index >= 15 is 0 Å². The third kappa shape index (κ3) is 4.61. The van der Waals surface area contributed by atoms with Gasteiger partial charge in [-0.3, -0.25) is 0 Å². The summed E-state index contributed by atoms with van der Waals surface area (Å²) in [6.45, 7) is 9.76. The Morgan fingerprint density at radius 1 is 1.24 bits per heavy atom. The normalized spacial score (nSPS) is 25.1. The summed E-state index contributed by atoms with van der Waals surface area (Å²) in [6.07, 6.45) is 1.98. The summed E-state index contributed by atoms with van der Waals surface area (Å²) in [5.74, 6) is 0.986. The second-order valence-corrected chi connectivity index (χ2v) is 7.10. The van der Waals surface area contributed by atoms with Crippen molar-refractivity contribution in [1.29, 1.82) is 0 Å². The molecule has 7 heteroatoms. The molecule has 0 aromatic carbocycles. The van der Waals surface area contributed by atoms with Gasteiger partial charge in [-0.05, 0) is 27.0 Å². The Morgan fingerprint density at radius 3 is 2.60 bits per heavy atom. The second-order valence-electron chi connectivity index (χ2n) is 7.10. The molecule has 2 aliphatic rings. The first-order chi connectivity index (χ1) is 12.0. The number of anilines is 1. The molecular weight excluding hydrogens is 318 g/mol. The molecule has 3 heterocycles. The maximum absolute atomic E-state index is 12.5. The summed E-state index contributed by atoms with van der Waals surface area (Å²) in [4.78, 5) is 23.5. The number of hydrogen-bond donors (Lipinski definition) is 1. The topological polar surface area (TPSA) is 60.9 Å². The van der Waals surface area contributed by atoms with Crippen LogP contribution in [0.3, 0.4) is 0 Å². The zero-order valence-corrected chi connectivity index (χ0v) is 15.4. The fourth-order valence-corrected chi connectivity index (χ4v) is 3.50. The van der Waals surface area contributed by atoms with E-state index in [-0.39, 0.29) is 18.2 Å². The number of ether oxygens (including phenoxy) is 1. The molecule has 3 rings (SSSR count). The number of nitrogens with zero attached hydrogens (tertiary/aromatic N) is 4. The van der Waals surface area contributed by atoms with Gasteiger partial charge in [-0.15, -0.1) is 0 Å². The van der Waals surface area contributed by atoms with Crippen LogP contribution in [0, 0.1) is 0 Å². The van der Waals surface area contributed by atoms with Gasteiger partial charge in [0.2, 0.25) is 0 Å². The van der Waals surface area contributed by atoms with E-state index in [0.717, 1.165) is 37.6 Å². The van der Waals surface area contributed by atoms with E-state index in [9.17, 15) is 4.79 Å². The predicted molar refractivity (Wildman–Crippen MR) is 97.8 cm³/mol. The van der Waals surface area contributed by atoms with Crippen LogP contribution in [0.1, 0.15) is 19.4 Å². The summed E-state index contributed by atoms with van der Waals surface area (Å²) in [5.41, 5.74) is 1.06. The number of amides is 2. The molecule has 2 amide bonds. The van der Waals surface area contributed by atoms with Gasteiger partial charge >= 0.3 is 6.03 Å². The minimum absolute atomic E-state index is 0.0322. The van der Waals surface area contributed by atoms with Crippen molar-refractivity contribution in [3.63, 3.8) is 0 Å². The summed E-state index contributed by atoms with van der Waals surface area (Å²) in [6, 6.07) is 3.95. The van der Waals surface area contributed by atoms with Crippen LogP contribution in [0.25, 0.3) is 0 Å². The maximum Gasteiger partial charge on any atom is 0.317 e. The van der Waals surface area contributed by atoms with E-state index in [2.05, 4.69) is 27.1 Å². The molecule has 0 radical (unpaired) electrons. The van der Waals surface area contributed by atoms with Gasteiger partial charge in [0.1, 0.15) is 5.82 Å². The van der Waals surface area contributed by atoms with Crippen molar-refractivity contribution < 1.29 is 9.53 Å². The molecule has 7 nitrogen and oxygen atoms in total. The summed E-state index contributed by atoms with van der Waals surface area (Å²) in [5, 5.41) is 3.05. The molecule has 0 saturated carbocycles. The zero-order valence-electron chi connectivity index (χ0n) is 15.4. The summed E-state index contributed by atoms with van der Waals surface area (Å²) < 4.78 is 5.69. The van der Waals surface area contributed by atoms with E-state index < -0.39 is 0 Å². The highest BCUT2D eigenvalue weighted by Gasteiger charge is 2.26. The first-order valence-corrected chi connectivity index (χ1v) is 9.08. The summed E-state index contributed by atoms with van der Waals surface area (Å²) >= 11 is 0. The lowest BCUT2D eigenvalue weighted by atomic mass is 10.2. The standard InChI is InChI=1S/C18H29N5O2/c1-14-12-23(13-15(2)25-14)18(24)20-11-16-5-4-6-19-17(16)22-9-7-21(3)8-10-22/h4-6,14-15H,7-13H2,1-3H3,(H,20,24)/t14-,15-/m0/s1. The molecule has 1 N–H and O–H groups in total. The minimum atomic E-state index is -0.0322. The van der Waals surface area contributed by atoms with Gasteiger partial charge in [0.25, 0.3) is 0 Å². The molecule has 25 heavy (non-hydrogen) atoms. The first-order valence-electron chi connectivity index (χ1n) is 9.08. The number of urea groups is 1. The number of likely N-dealkylation sites (N-methyl/N-ethyl adjacent to an activating group) is 1. The van der Waals surface area contributed by atoms with Crippen LogP contribution in [0.4, 0.5) is 10.6 Å². The van der Waals surface area contributed by atoms with E-state index in [4.69, 9.17) is 4.74 Å². The molecule has 0 spiro atoms. The van der Waals surface area contributed by atoms with Gasteiger partial charge < -0.3 is 24.8 Å². The number of rotatable bonds is 3. The molecule has 2 saturated heterocycles. The predicted octanol–water partition coefficient (Wildman–Crippen LogP) is 1.15. The smallest absolute Gasteiger partial charge is 0.317 e. The fourth-order valence-electron chi connectivity index (χ4n) is 3.50. The molecule has 0 unspecified atom stereocenters. The molecule has 1 aromatic heterocycles. The van der Waals surface area contributed by atoms with Crippen LogP contribution in [0.5, 0.6) is 0 Å². The van der Waals surface area contributed by atoms with Crippen LogP contribution in [-0.4, -0.2) is 79.3 Å². The van der Waals surface area contributed by atoms with Crippen LogP contribution in [0.2, 0.25) is 0 Å². The highest BCUT2D eigenvalue weighted by molar-refractivity contribution is 5.74. The minimum Gasteiger partial charge on any atom is -0.372 e.